The molecule has 0 fully saturated rings. The van der Waals surface area contributed by atoms with Gasteiger partial charge >= 0.3 is 0 Å². The molecule has 1 heterocycles. The molecule has 48 heavy (non-hydrogen) atoms. The summed E-state index contributed by atoms with van der Waals surface area (Å²) in [6.45, 7) is 4.68. The van der Waals surface area contributed by atoms with Crippen LogP contribution in [0.1, 0.15) is 25.0 Å². The van der Waals surface area contributed by atoms with Crippen molar-refractivity contribution >= 4 is 65.0 Å². The van der Waals surface area contributed by atoms with Gasteiger partial charge in [0.25, 0.3) is 0 Å². The Labute approximate surface area is 278 Å². The number of hydrogen-bond acceptors (Lipinski definition) is 1. The Balaban J connectivity index is 1.27. The smallest absolute Gasteiger partial charge is 0.140 e. The van der Waals surface area contributed by atoms with Crippen molar-refractivity contribution in [3.05, 3.63) is 157 Å². The van der Waals surface area contributed by atoms with Crippen LogP contribution in [-0.4, -0.2) is 0 Å². The van der Waals surface area contributed by atoms with Crippen LogP contribution >= 0.6 is 0 Å². The van der Waals surface area contributed by atoms with Crippen molar-refractivity contribution in [3.8, 4) is 33.4 Å². The van der Waals surface area contributed by atoms with Crippen LogP contribution < -0.4 is 0 Å². The number of benzene rings is 9. The summed E-state index contributed by atoms with van der Waals surface area (Å²) in [4.78, 5) is 0. The van der Waals surface area contributed by atoms with Gasteiger partial charge in [-0.15, -0.1) is 0 Å². The Bertz CT molecular complexity index is 2970. The molecule has 0 aliphatic heterocycles. The van der Waals surface area contributed by atoms with E-state index < -0.39 is 0 Å². The Morgan fingerprint density at radius 2 is 0.979 bits per heavy atom. The van der Waals surface area contributed by atoms with Gasteiger partial charge < -0.3 is 4.42 Å². The summed E-state index contributed by atoms with van der Waals surface area (Å²) < 4.78 is 6.85. The third kappa shape index (κ3) is 3.26. The molecule has 0 radical (unpaired) electrons. The monoisotopic (exact) mass is 610 g/mol. The van der Waals surface area contributed by atoms with Crippen molar-refractivity contribution in [2.75, 3.05) is 0 Å². The SMILES string of the molecule is CC1(C)c2ccccc2-c2cc(-c3ccc4ccc5c(-c6cccc7ccccc67)ccc6ccc3c4c65)c3c(oc4ccccc43)c21. The maximum atomic E-state index is 6.85. The third-order valence-corrected chi connectivity index (χ3v) is 11.2. The molecule has 10 aromatic rings. The van der Waals surface area contributed by atoms with Crippen molar-refractivity contribution in [2.45, 2.75) is 19.3 Å². The second-order valence-corrected chi connectivity index (χ2v) is 14.0. The summed E-state index contributed by atoms with van der Waals surface area (Å²) in [5.74, 6) is 0. The zero-order valence-corrected chi connectivity index (χ0v) is 26.8. The molecule has 0 unspecified atom stereocenters. The Morgan fingerprint density at radius 3 is 1.77 bits per heavy atom. The van der Waals surface area contributed by atoms with E-state index in [-0.39, 0.29) is 5.41 Å². The van der Waals surface area contributed by atoms with E-state index in [2.05, 4.69) is 159 Å². The number of fused-ring (bicyclic) bond motifs is 8. The second-order valence-electron chi connectivity index (χ2n) is 14.0. The summed E-state index contributed by atoms with van der Waals surface area (Å²) in [5, 5.41) is 12.7. The lowest BCUT2D eigenvalue weighted by Crippen LogP contribution is -2.15. The van der Waals surface area contributed by atoms with Crippen LogP contribution in [0.2, 0.25) is 0 Å². The molecular weight excluding hydrogens is 581 g/mol. The van der Waals surface area contributed by atoms with Crippen molar-refractivity contribution in [2.24, 2.45) is 0 Å². The van der Waals surface area contributed by atoms with Crippen LogP contribution in [0.5, 0.6) is 0 Å². The van der Waals surface area contributed by atoms with Crippen LogP contribution in [0.15, 0.2) is 150 Å². The van der Waals surface area contributed by atoms with Gasteiger partial charge in [-0.25, -0.2) is 0 Å². The minimum Gasteiger partial charge on any atom is -0.456 e. The zero-order chi connectivity index (χ0) is 31.7. The number of hydrogen-bond donors (Lipinski definition) is 0. The first-order valence-corrected chi connectivity index (χ1v) is 16.9. The van der Waals surface area contributed by atoms with Crippen molar-refractivity contribution < 1.29 is 4.42 Å². The average molecular weight is 611 g/mol. The molecule has 9 aromatic carbocycles. The highest BCUT2D eigenvalue weighted by molar-refractivity contribution is 6.29. The molecule has 11 rings (SSSR count). The van der Waals surface area contributed by atoms with Crippen LogP contribution in [-0.2, 0) is 5.41 Å². The zero-order valence-electron chi connectivity index (χ0n) is 26.8. The van der Waals surface area contributed by atoms with Gasteiger partial charge in [-0.05, 0) is 94.2 Å². The lowest BCUT2D eigenvalue weighted by molar-refractivity contribution is 0.620. The first kappa shape index (κ1) is 26.2. The van der Waals surface area contributed by atoms with Crippen molar-refractivity contribution in [1.29, 1.82) is 0 Å². The van der Waals surface area contributed by atoms with E-state index in [1.165, 1.54) is 98.4 Å². The standard InChI is InChI=1S/C47H30O/c1-47(2)40-16-7-5-13-34(40)39-26-38(44-37-14-6-8-17-41(37)48-46(44)45(39)47)33-23-19-29-20-24-35-32(22-18-28-21-25-36(33)43(29)42(28)35)31-15-9-11-27-10-3-4-12-30(27)31/h3-26H,1-2H3. The second kappa shape index (κ2) is 9.12. The van der Waals surface area contributed by atoms with Gasteiger partial charge in [0.15, 0.2) is 0 Å². The molecule has 1 nitrogen and oxygen atoms in total. The van der Waals surface area contributed by atoms with E-state index >= 15 is 0 Å². The summed E-state index contributed by atoms with van der Waals surface area (Å²) in [5.41, 5.74) is 12.0. The van der Waals surface area contributed by atoms with E-state index in [1.54, 1.807) is 0 Å². The Morgan fingerprint density at radius 1 is 0.396 bits per heavy atom. The summed E-state index contributed by atoms with van der Waals surface area (Å²) in [6, 6.07) is 53.8. The fourth-order valence-electron chi connectivity index (χ4n) is 9.07. The number of rotatable bonds is 2. The minimum absolute atomic E-state index is 0.169. The van der Waals surface area contributed by atoms with Crippen LogP contribution in [0.3, 0.4) is 0 Å². The highest BCUT2D eigenvalue weighted by Crippen LogP contribution is 2.55. The largest absolute Gasteiger partial charge is 0.456 e. The molecule has 0 amide bonds. The summed E-state index contributed by atoms with van der Waals surface area (Å²) in [6.07, 6.45) is 0. The Kier molecular flexibility index (Phi) is 4.97. The van der Waals surface area contributed by atoms with Crippen LogP contribution in [0.4, 0.5) is 0 Å². The number of furan rings is 1. The molecule has 0 atom stereocenters. The van der Waals surface area contributed by atoms with Crippen molar-refractivity contribution in [3.63, 3.8) is 0 Å². The highest BCUT2D eigenvalue weighted by Gasteiger charge is 2.39. The maximum Gasteiger partial charge on any atom is 0.140 e. The van der Waals surface area contributed by atoms with Crippen LogP contribution in [0.25, 0.3) is 98.4 Å². The lowest BCUT2D eigenvalue weighted by Gasteiger charge is -2.22. The van der Waals surface area contributed by atoms with E-state index in [4.69, 9.17) is 4.42 Å². The van der Waals surface area contributed by atoms with Gasteiger partial charge in [0.1, 0.15) is 11.2 Å². The van der Waals surface area contributed by atoms with E-state index in [0.29, 0.717) is 0 Å². The molecule has 0 N–H and O–H groups in total. The lowest BCUT2D eigenvalue weighted by atomic mass is 9.80. The molecule has 0 saturated carbocycles. The van der Waals surface area contributed by atoms with Gasteiger partial charge in [0, 0.05) is 21.8 Å². The first-order valence-electron chi connectivity index (χ1n) is 16.9. The molecule has 0 spiro atoms. The average Bonchev–Trinajstić information content (AvgIpc) is 3.62. The van der Waals surface area contributed by atoms with Gasteiger partial charge in [-0.1, -0.05) is 147 Å². The Hall–Kier alpha value is -5.92. The molecule has 1 aliphatic rings. The predicted molar refractivity (Wildman–Crippen MR) is 203 cm³/mol. The van der Waals surface area contributed by atoms with Crippen LogP contribution in [0, 0.1) is 0 Å². The third-order valence-electron chi connectivity index (χ3n) is 11.2. The van der Waals surface area contributed by atoms with Crippen molar-refractivity contribution in [1.82, 2.24) is 0 Å². The number of para-hydroxylation sites is 1. The maximum absolute atomic E-state index is 6.85. The van der Waals surface area contributed by atoms with Gasteiger partial charge in [-0.3, -0.25) is 0 Å². The molecular formula is C47H30O. The van der Waals surface area contributed by atoms with E-state index in [9.17, 15) is 0 Å². The van der Waals surface area contributed by atoms with Gasteiger partial charge in [0.2, 0.25) is 0 Å². The van der Waals surface area contributed by atoms with E-state index in [1.807, 2.05) is 0 Å². The topological polar surface area (TPSA) is 13.1 Å². The van der Waals surface area contributed by atoms with E-state index in [0.717, 1.165) is 11.2 Å². The fourth-order valence-corrected chi connectivity index (χ4v) is 9.07. The molecule has 1 aromatic heterocycles. The van der Waals surface area contributed by atoms with Gasteiger partial charge in [-0.2, -0.15) is 0 Å². The first-order chi connectivity index (χ1) is 23.6. The normalized spacial score (nSPS) is 13.8. The van der Waals surface area contributed by atoms with Gasteiger partial charge in [0.05, 0.1) is 0 Å². The highest BCUT2D eigenvalue weighted by atomic mass is 16.3. The quantitative estimate of drug-likeness (QED) is 0.178. The fraction of sp³-hybridized carbons (Fsp3) is 0.0638. The molecule has 1 aliphatic carbocycles. The predicted octanol–water partition coefficient (Wildman–Crippen LogP) is 13.3. The summed E-state index contributed by atoms with van der Waals surface area (Å²) >= 11 is 0. The molecule has 0 saturated heterocycles. The summed E-state index contributed by atoms with van der Waals surface area (Å²) in [7, 11) is 0. The molecule has 1 heteroatoms. The minimum atomic E-state index is -0.169. The molecule has 224 valence electrons. The molecule has 0 bridgehead atoms.